The van der Waals surface area contributed by atoms with E-state index >= 15 is 0 Å². The third kappa shape index (κ3) is 6.58. The van der Waals surface area contributed by atoms with Gasteiger partial charge in [0.25, 0.3) is 18.2 Å². The van der Waals surface area contributed by atoms with Crippen LogP contribution in [0.5, 0.6) is 5.75 Å². The summed E-state index contributed by atoms with van der Waals surface area (Å²) < 4.78 is 35.2. The van der Waals surface area contributed by atoms with Crippen LogP contribution < -0.4 is 20.3 Å². The average molecular weight is 767 g/mol. The fourth-order valence-electron chi connectivity index (χ4n) is 8.52. The second-order valence-corrected chi connectivity index (χ2v) is 15.0. The summed E-state index contributed by atoms with van der Waals surface area (Å²) in [4.78, 5) is 61.1. The van der Waals surface area contributed by atoms with Gasteiger partial charge < -0.3 is 19.9 Å². The van der Waals surface area contributed by atoms with Gasteiger partial charge in [0, 0.05) is 79.4 Å². The molecule has 2 saturated heterocycles. The largest absolute Gasteiger partial charge is 0.485 e. The minimum absolute atomic E-state index is 0.100. The first-order valence-corrected chi connectivity index (χ1v) is 18.9. The molecule has 56 heavy (non-hydrogen) atoms. The molecule has 1 atom stereocenters. The van der Waals surface area contributed by atoms with E-state index in [4.69, 9.17) is 9.84 Å². The molecular weight excluding hydrogens is 726 g/mol. The van der Waals surface area contributed by atoms with Crippen molar-refractivity contribution in [3.05, 3.63) is 77.9 Å². The summed E-state index contributed by atoms with van der Waals surface area (Å²) in [5.74, 6) is -1.27. The Morgan fingerprint density at radius 3 is 2.68 bits per heavy atom. The van der Waals surface area contributed by atoms with Crippen molar-refractivity contribution in [3.8, 4) is 5.75 Å². The third-order valence-electron chi connectivity index (χ3n) is 11.7. The van der Waals surface area contributed by atoms with Crippen molar-refractivity contribution in [2.45, 2.75) is 75.7 Å². The number of ether oxygens (including phenoxy) is 1. The lowest BCUT2D eigenvalue weighted by molar-refractivity contribution is -0.136. The van der Waals surface area contributed by atoms with E-state index in [1.165, 1.54) is 10.7 Å². The summed E-state index contributed by atoms with van der Waals surface area (Å²) in [6.45, 7) is 1.26. The zero-order valence-electron chi connectivity index (χ0n) is 30.6. The first-order valence-electron chi connectivity index (χ1n) is 18.9. The smallest absolute Gasteiger partial charge is 0.272 e. The second-order valence-electron chi connectivity index (χ2n) is 15.0. The lowest BCUT2D eigenvalue weighted by Crippen LogP contribution is -2.61. The number of halogens is 2. The van der Waals surface area contributed by atoms with Gasteiger partial charge >= 0.3 is 0 Å². The maximum atomic E-state index is 13.3. The summed E-state index contributed by atoms with van der Waals surface area (Å²) in [7, 11) is 2.19. The van der Waals surface area contributed by atoms with Gasteiger partial charge in [-0.2, -0.15) is 10.2 Å². The molecule has 1 saturated carbocycles. The number of aromatic nitrogens is 5. The minimum atomic E-state index is -2.70. The Morgan fingerprint density at radius 1 is 1.07 bits per heavy atom. The fourth-order valence-corrected chi connectivity index (χ4v) is 8.52. The number of nitrogens with one attached hydrogen (secondary N) is 2. The summed E-state index contributed by atoms with van der Waals surface area (Å²) in [5, 5.41) is 14.9. The molecule has 3 aromatic heterocycles. The number of amides is 4. The van der Waals surface area contributed by atoms with Crippen LogP contribution in [0.4, 0.5) is 20.2 Å². The molecule has 4 amide bonds. The highest BCUT2D eigenvalue weighted by atomic mass is 19.3. The molecule has 0 radical (unpaired) electrons. The molecule has 0 spiro atoms. The number of carbonyl (C=O) groups is 4. The Labute approximate surface area is 319 Å². The Kier molecular flexibility index (Phi) is 9.10. The molecular formula is C39H40F2N10O5. The van der Waals surface area contributed by atoms with Crippen molar-refractivity contribution in [1.29, 1.82) is 0 Å². The third-order valence-corrected chi connectivity index (χ3v) is 11.7. The molecule has 17 heteroatoms. The van der Waals surface area contributed by atoms with E-state index in [1.807, 2.05) is 23.0 Å². The van der Waals surface area contributed by atoms with Gasteiger partial charge in [0.2, 0.25) is 11.8 Å². The highest BCUT2D eigenvalue weighted by Crippen LogP contribution is 2.37. The quantitative estimate of drug-likeness (QED) is 0.199. The summed E-state index contributed by atoms with van der Waals surface area (Å²) in [6, 6.07) is 11.2. The van der Waals surface area contributed by atoms with E-state index in [0.717, 1.165) is 55.4 Å². The van der Waals surface area contributed by atoms with Crippen molar-refractivity contribution < 1.29 is 32.7 Å². The van der Waals surface area contributed by atoms with E-state index in [1.54, 1.807) is 35.5 Å². The molecule has 1 aliphatic carbocycles. The SMILES string of the molecule is CN(C1CCC(n2cc3cc(NC(=O)c4cnn5cccnc45)c(OCC(F)F)cc3n2)CC1)C1CN(c2ccc3c(c2)CN(C2CCC(=O)NC2=O)C3=O)C1. The van der Waals surface area contributed by atoms with Crippen LogP contribution in [0.25, 0.3) is 16.6 Å². The Hall–Kier alpha value is -5.97. The van der Waals surface area contributed by atoms with Gasteiger partial charge in [-0.15, -0.1) is 0 Å². The number of piperidine rings is 1. The van der Waals surface area contributed by atoms with Crippen molar-refractivity contribution in [2.75, 3.05) is 37.0 Å². The number of carbonyl (C=O) groups excluding carboxylic acids is 4. The Balaban J connectivity index is 0.818. The Bertz CT molecular complexity index is 2370. The first-order chi connectivity index (χ1) is 27.1. The van der Waals surface area contributed by atoms with Crippen LogP contribution in [-0.2, 0) is 16.1 Å². The summed E-state index contributed by atoms with van der Waals surface area (Å²) >= 11 is 0. The topological polar surface area (TPSA) is 159 Å². The van der Waals surface area contributed by atoms with Gasteiger partial charge in [-0.05, 0) is 75.0 Å². The van der Waals surface area contributed by atoms with Gasteiger partial charge in [-0.3, -0.25) is 34.1 Å². The van der Waals surface area contributed by atoms with Crippen LogP contribution in [0.3, 0.4) is 0 Å². The molecule has 0 bridgehead atoms. The van der Waals surface area contributed by atoms with E-state index in [9.17, 15) is 28.0 Å². The fraction of sp³-hybridized carbons (Fsp3) is 0.410. The molecule has 1 unspecified atom stereocenters. The molecule has 9 rings (SSSR count). The van der Waals surface area contributed by atoms with Gasteiger partial charge in [0.15, 0.2) is 5.65 Å². The zero-order chi connectivity index (χ0) is 38.7. The average Bonchev–Trinajstić information content (AvgIpc) is 3.88. The highest BCUT2D eigenvalue weighted by Gasteiger charge is 2.40. The number of rotatable bonds is 10. The number of alkyl halides is 2. The molecule has 5 aromatic rings. The van der Waals surface area contributed by atoms with Crippen LogP contribution in [0.15, 0.2) is 61.2 Å². The van der Waals surface area contributed by atoms with Gasteiger partial charge in [-0.1, -0.05) is 0 Å². The maximum absolute atomic E-state index is 13.3. The van der Waals surface area contributed by atoms with Crippen molar-refractivity contribution in [2.24, 2.45) is 0 Å². The van der Waals surface area contributed by atoms with Crippen LogP contribution in [0, 0.1) is 0 Å². The molecule has 2 N–H and O–H groups in total. The van der Waals surface area contributed by atoms with Crippen LogP contribution in [0.1, 0.15) is 70.8 Å². The number of imide groups is 1. The van der Waals surface area contributed by atoms with Crippen LogP contribution in [-0.4, -0.2) is 109 Å². The van der Waals surface area contributed by atoms with Crippen LogP contribution >= 0.6 is 0 Å². The van der Waals surface area contributed by atoms with Crippen LogP contribution in [0.2, 0.25) is 0 Å². The standard InChI is InChI=1S/C39H40F2N10O5/c1-47(27-19-48(20-27)26-7-8-28-22(13-26)17-49(39(28)55)32-9-10-35(52)45-38(32)54)24-3-5-25(6-4-24)51-18-23-14-31(33(15-30(23)46-51)56-21-34(40)41)44-37(53)29-16-43-50-12-2-11-42-36(29)50/h2,7-8,11-16,18,24-25,27,32,34H,3-6,9-10,17,19-21H2,1H3,(H,44,53)(H,45,52,54). The number of hydrogen-bond acceptors (Lipinski definition) is 10. The number of fused-ring (bicyclic) bond motifs is 3. The molecule has 3 aliphatic heterocycles. The number of hydrogen-bond donors (Lipinski definition) is 2. The Morgan fingerprint density at radius 2 is 1.89 bits per heavy atom. The monoisotopic (exact) mass is 766 g/mol. The predicted molar refractivity (Wildman–Crippen MR) is 200 cm³/mol. The minimum Gasteiger partial charge on any atom is -0.485 e. The number of benzene rings is 2. The number of likely N-dealkylation sites (N-methyl/N-ethyl adjacent to an activating group) is 1. The van der Waals surface area contributed by atoms with Gasteiger partial charge in [-0.25, -0.2) is 18.3 Å². The maximum Gasteiger partial charge on any atom is 0.272 e. The lowest BCUT2D eigenvalue weighted by atomic mass is 9.89. The predicted octanol–water partition coefficient (Wildman–Crippen LogP) is 4.04. The van der Waals surface area contributed by atoms with Gasteiger partial charge in [0.1, 0.15) is 24.0 Å². The van der Waals surface area contributed by atoms with Crippen molar-refractivity contribution in [1.82, 2.24) is 39.5 Å². The molecule has 4 aliphatic rings. The zero-order valence-corrected chi connectivity index (χ0v) is 30.6. The summed E-state index contributed by atoms with van der Waals surface area (Å²) in [6.07, 6.45) is 8.26. The molecule has 15 nitrogen and oxygen atoms in total. The highest BCUT2D eigenvalue weighted by molar-refractivity contribution is 6.09. The number of anilines is 2. The normalized spacial score (nSPS) is 21.6. The van der Waals surface area contributed by atoms with Gasteiger partial charge in [0.05, 0.1) is 23.4 Å². The lowest BCUT2D eigenvalue weighted by Gasteiger charge is -2.49. The second kappa shape index (κ2) is 14.3. The van der Waals surface area contributed by atoms with Crippen molar-refractivity contribution >= 4 is 51.6 Å². The molecule has 3 fully saturated rings. The first kappa shape index (κ1) is 35.7. The molecule has 6 heterocycles. The van der Waals surface area contributed by atoms with E-state index < -0.39 is 30.9 Å². The van der Waals surface area contributed by atoms with Crippen molar-refractivity contribution in [3.63, 3.8) is 0 Å². The van der Waals surface area contributed by atoms with E-state index in [2.05, 4.69) is 43.6 Å². The summed E-state index contributed by atoms with van der Waals surface area (Å²) in [5.41, 5.74) is 4.00. The molecule has 290 valence electrons. The molecule has 2 aromatic carbocycles. The van der Waals surface area contributed by atoms with E-state index in [0.29, 0.717) is 41.8 Å². The van der Waals surface area contributed by atoms with E-state index in [-0.39, 0.29) is 41.3 Å². The number of nitrogens with zero attached hydrogens (tertiary/aromatic N) is 8.